The molecule has 0 aliphatic rings. The van der Waals surface area contributed by atoms with E-state index in [0.717, 1.165) is 9.26 Å². The van der Waals surface area contributed by atoms with Gasteiger partial charge in [-0.3, -0.25) is 0 Å². The Labute approximate surface area is 108 Å². The standard InChI is InChI=1S/C10H10ClIN2O/c1-10(2,3)8-7(12)4-6(5-13)9(14-8)15-11/h4H,1-3H3. The second-order valence-corrected chi connectivity index (χ2v) is 5.43. The van der Waals surface area contributed by atoms with E-state index in [-0.39, 0.29) is 11.3 Å². The molecule has 0 unspecified atom stereocenters. The van der Waals surface area contributed by atoms with Crippen LogP contribution in [0, 0.1) is 14.9 Å². The molecule has 80 valence electrons. The lowest BCUT2D eigenvalue weighted by Gasteiger charge is -2.19. The van der Waals surface area contributed by atoms with Crippen LogP contribution in [0.2, 0.25) is 0 Å². The van der Waals surface area contributed by atoms with Gasteiger partial charge in [-0.05, 0) is 28.7 Å². The molecule has 15 heavy (non-hydrogen) atoms. The summed E-state index contributed by atoms with van der Waals surface area (Å²) in [6, 6.07) is 3.72. The molecule has 0 atom stereocenters. The fraction of sp³-hybridized carbons (Fsp3) is 0.400. The van der Waals surface area contributed by atoms with Gasteiger partial charge >= 0.3 is 0 Å². The third-order valence-corrected chi connectivity index (χ3v) is 2.81. The zero-order valence-corrected chi connectivity index (χ0v) is 11.5. The van der Waals surface area contributed by atoms with E-state index in [0.29, 0.717) is 5.56 Å². The molecule has 0 spiro atoms. The van der Waals surface area contributed by atoms with Gasteiger partial charge in [0.05, 0.1) is 5.69 Å². The van der Waals surface area contributed by atoms with Gasteiger partial charge in [-0.15, -0.1) is 0 Å². The maximum absolute atomic E-state index is 8.84. The molecule has 0 aliphatic heterocycles. The van der Waals surface area contributed by atoms with E-state index >= 15 is 0 Å². The van der Waals surface area contributed by atoms with Gasteiger partial charge in [0.25, 0.3) is 5.88 Å². The average molecular weight is 337 g/mol. The second-order valence-electron chi connectivity index (χ2n) is 4.11. The van der Waals surface area contributed by atoms with Crippen molar-refractivity contribution in [3.8, 4) is 11.9 Å². The van der Waals surface area contributed by atoms with Crippen LogP contribution >= 0.6 is 34.5 Å². The molecule has 1 aromatic rings. The van der Waals surface area contributed by atoms with Crippen molar-refractivity contribution in [1.29, 1.82) is 5.26 Å². The van der Waals surface area contributed by atoms with Crippen molar-refractivity contribution in [2.75, 3.05) is 0 Å². The fourth-order valence-electron chi connectivity index (χ4n) is 1.14. The number of hydrogen-bond acceptors (Lipinski definition) is 3. The zero-order chi connectivity index (χ0) is 11.6. The molecule has 1 rings (SSSR count). The van der Waals surface area contributed by atoms with E-state index in [1.54, 1.807) is 6.07 Å². The molecule has 1 heterocycles. The topological polar surface area (TPSA) is 45.9 Å². The normalized spacial score (nSPS) is 10.9. The van der Waals surface area contributed by atoms with Crippen LogP contribution in [0.15, 0.2) is 6.07 Å². The van der Waals surface area contributed by atoms with Gasteiger partial charge in [-0.25, -0.2) is 4.98 Å². The minimum Gasteiger partial charge on any atom is -0.363 e. The van der Waals surface area contributed by atoms with Crippen molar-refractivity contribution < 1.29 is 4.29 Å². The number of pyridine rings is 1. The van der Waals surface area contributed by atoms with Crippen LogP contribution in [0.1, 0.15) is 32.0 Å². The number of rotatable bonds is 1. The molecule has 0 bridgehead atoms. The average Bonchev–Trinajstić information content (AvgIpc) is 2.15. The number of hydrogen-bond donors (Lipinski definition) is 0. The minimum atomic E-state index is -0.103. The Morgan fingerprint density at radius 1 is 1.53 bits per heavy atom. The summed E-state index contributed by atoms with van der Waals surface area (Å²) in [6.07, 6.45) is 0. The summed E-state index contributed by atoms with van der Waals surface area (Å²) >= 11 is 7.42. The summed E-state index contributed by atoms with van der Waals surface area (Å²) in [5.74, 6) is 0.171. The summed E-state index contributed by atoms with van der Waals surface area (Å²) in [7, 11) is 0. The highest BCUT2D eigenvalue weighted by Gasteiger charge is 2.21. The van der Waals surface area contributed by atoms with Gasteiger partial charge in [-0.1, -0.05) is 20.8 Å². The molecule has 0 amide bonds. The predicted octanol–water partition coefficient (Wildman–Crippen LogP) is 3.39. The van der Waals surface area contributed by atoms with Gasteiger partial charge in [-0.2, -0.15) is 5.26 Å². The number of aromatic nitrogens is 1. The Hall–Kier alpha value is -0.540. The van der Waals surface area contributed by atoms with Gasteiger partial charge in [0.1, 0.15) is 23.5 Å². The van der Waals surface area contributed by atoms with E-state index in [1.807, 2.05) is 26.8 Å². The van der Waals surface area contributed by atoms with Crippen molar-refractivity contribution in [2.45, 2.75) is 26.2 Å². The van der Waals surface area contributed by atoms with Crippen LogP contribution in [0.4, 0.5) is 0 Å². The molecule has 0 aromatic carbocycles. The van der Waals surface area contributed by atoms with Crippen LogP contribution in [0.3, 0.4) is 0 Å². The summed E-state index contributed by atoms with van der Waals surface area (Å²) in [6.45, 7) is 6.13. The monoisotopic (exact) mass is 336 g/mol. The largest absolute Gasteiger partial charge is 0.363 e. The van der Waals surface area contributed by atoms with Crippen LogP contribution in [-0.2, 0) is 5.41 Å². The van der Waals surface area contributed by atoms with E-state index in [2.05, 4.69) is 31.9 Å². The van der Waals surface area contributed by atoms with E-state index in [1.165, 1.54) is 0 Å². The molecule has 0 saturated heterocycles. The van der Waals surface area contributed by atoms with Crippen molar-refractivity contribution >= 4 is 34.5 Å². The van der Waals surface area contributed by atoms with Gasteiger partial charge in [0, 0.05) is 8.99 Å². The van der Waals surface area contributed by atoms with Crippen LogP contribution in [0.25, 0.3) is 0 Å². The fourth-order valence-corrected chi connectivity index (χ4v) is 2.50. The summed E-state index contributed by atoms with van der Waals surface area (Å²) in [5.41, 5.74) is 1.12. The lowest BCUT2D eigenvalue weighted by Crippen LogP contribution is -2.16. The third kappa shape index (κ3) is 2.73. The summed E-state index contributed by atoms with van der Waals surface area (Å²) in [5, 5.41) is 8.84. The second kappa shape index (κ2) is 4.54. The first-order valence-corrected chi connectivity index (χ1v) is 5.68. The Morgan fingerprint density at radius 3 is 2.53 bits per heavy atom. The molecule has 0 fully saturated rings. The highest BCUT2D eigenvalue weighted by molar-refractivity contribution is 14.1. The number of nitrogens with zero attached hydrogens (tertiary/aromatic N) is 2. The summed E-state index contributed by atoms with van der Waals surface area (Å²) < 4.78 is 5.50. The summed E-state index contributed by atoms with van der Waals surface area (Å²) in [4.78, 5) is 4.25. The first kappa shape index (κ1) is 12.5. The van der Waals surface area contributed by atoms with Gasteiger partial charge in [0.2, 0.25) is 0 Å². The molecule has 3 nitrogen and oxygen atoms in total. The van der Waals surface area contributed by atoms with Gasteiger partial charge < -0.3 is 4.29 Å². The highest BCUT2D eigenvalue weighted by atomic mass is 127. The maximum atomic E-state index is 8.84. The SMILES string of the molecule is CC(C)(C)c1nc(OCl)c(C#N)cc1I. The lowest BCUT2D eigenvalue weighted by atomic mass is 9.91. The van der Waals surface area contributed by atoms with Crippen molar-refractivity contribution in [3.63, 3.8) is 0 Å². The molecular formula is C10H10ClIN2O. The zero-order valence-electron chi connectivity index (χ0n) is 8.64. The molecule has 0 radical (unpaired) electrons. The van der Waals surface area contributed by atoms with Crippen molar-refractivity contribution in [3.05, 3.63) is 20.9 Å². The first-order valence-electron chi connectivity index (χ1n) is 4.30. The van der Waals surface area contributed by atoms with E-state index in [4.69, 9.17) is 17.1 Å². The number of nitriles is 1. The third-order valence-electron chi connectivity index (χ3n) is 1.84. The highest BCUT2D eigenvalue weighted by Crippen LogP contribution is 2.29. The minimum absolute atomic E-state index is 0.103. The molecular weight excluding hydrogens is 326 g/mol. The molecule has 0 N–H and O–H groups in total. The number of halogens is 2. The Kier molecular flexibility index (Phi) is 3.79. The molecule has 1 aromatic heterocycles. The Morgan fingerprint density at radius 2 is 2.13 bits per heavy atom. The van der Waals surface area contributed by atoms with Gasteiger partial charge in [0.15, 0.2) is 0 Å². The van der Waals surface area contributed by atoms with E-state index < -0.39 is 0 Å². The quantitative estimate of drug-likeness (QED) is 0.739. The van der Waals surface area contributed by atoms with Crippen molar-refractivity contribution in [2.24, 2.45) is 0 Å². The van der Waals surface area contributed by atoms with Crippen molar-refractivity contribution in [1.82, 2.24) is 4.98 Å². The molecule has 0 saturated carbocycles. The lowest BCUT2D eigenvalue weighted by molar-refractivity contribution is 0.531. The Bertz CT molecular complexity index is 421. The smallest absolute Gasteiger partial charge is 0.255 e. The van der Waals surface area contributed by atoms with Crippen LogP contribution < -0.4 is 4.29 Å². The predicted molar refractivity (Wildman–Crippen MR) is 66.9 cm³/mol. The maximum Gasteiger partial charge on any atom is 0.255 e. The van der Waals surface area contributed by atoms with E-state index in [9.17, 15) is 0 Å². The molecule has 5 heteroatoms. The Balaban J connectivity index is 3.41. The van der Waals surface area contributed by atoms with Crippen LogP contribution in [0.5, 0.6) is 5.88 Å². The molecule has 0 aliphatic carbocycles. The van der Waals surface area contributed by atoms with Crippen LogP contribution in [-0.4, -0.2) is 4.98 Å². The first-order chi connectivity index (χ1) is 6.90.